The Morgan fingerprint density at radius 1 is 1.22 bits per heavy atom. The van der Waals surface area contributed by atoms with Crippen molar-refractivity contribution in [3.05, 3.63) is 98.0 Å². The average Bonchev–Trinajstić information content (AvgIpc) is 3.54. The first kappa shape index (κ1) is 24.7. The Balaban J connectivity index is 1.17. The summed E-state index contributed by atoms with van der Waals surface area (Å²) in [7, 11) is 1.74. The lowest BCUT2D eigenvalue weighted by molar-refractivity contribution is 0.0783. The molecule has 1 aliphatic carbocycles. The molecule has 3 atom stereocenters. The van der Waals surface area contributed by atoms with Crippen LogP contribution in [0.1, 0.15) is 52.5 Å². The number of nitrogens with one attached hydrogen (secondary N) is 1. The number of aromatic nitrogens is 2. The first-order chi connectivity index (χ1) is 17.4. The second-order valence-corrected chi connectivity index (χ2v) is 11.0. The number of aliphatic hydroxyl groups is 1. The Labute approximate surface area is 218 Å². The van der Waals surface area contributed by atoms with Crippen LogP contribution in [0.3, 0.4) is 0 Å². The van der Waals surface area contributed by atoms with Gasteiger partial charge < -0.3 is 15.0 Å². The highest BCUT2D eigenvalue weighted by atomic mass is 35.5. The molecule has 1 amide bonds. The molecule has 2 N–H and O–H groups in total. The highest BCUT2D eigenvalue weighted by molar-refractivity contribution is 7.17. The van der Waals surface area contributed by atoms with Gasteiger partial charge in [-0.2, -0.15) is 0 Å². The third-order valence-corrected chi connectivity index (χ3v) is 8.26. The number of hydrogen-bond acceptors (Lipinski definition) is 5. The lowest BCUT2D eigenvalue weighted by Gasteiger charge is -2.19. The standard InChI is InChI=1S/C28H28ClN3O3S/c1-32(16-23-14-21-10-11-36-26(21)27(34)31-23)28(35)19-5-2-17(3-6-19)12-18-4-7-20(13-18)25(33)22-8-9-24(29)30-15-22/h2-3,5-6,8-11,14-15,18,20,25,33H,4,7,12-13,16H2,1H3,(H,31,34)/t18-,20-,25-/m0/s1. The molecule has 0 saturated heterocycles. The van der Waals surface area contributed by atoms with Crippen molar-refractivity contribution in [3.63, 3.8) is 0 Å². The number of H-pyrrole nitrogens is 1. The lowest BCUT2D eigenvalue weighted by atomic mass is 9.92. The number of pyridine rings is 2. The van der Waals surface area contributed by atoms with Gasteiger partial charge in [0.25, 0.3) is 11.5 Å². The highest BCUT2D eigenvalue weighted by Crippen LogP contribution is 2.40. The molecule has 3 heterocycles. The summed E-state index contributed by atoms with van der Waals surface area (Å²) in [5, 5.41) is 14.0. The smallest absolute Gasteiger partial charge is 0.266 e. The van der Waals surface area contributed by atoms with Crippen LogP contribution in [0.5, 0.6) is 0 Å². The summed E-state index contributed by atoms with van der Waals surface area (Å²) < 4.78 is 0.702. The van der Waals surface area contributed by atoms with Crippen molar-refractivity contribution in [3.8, 4) is 0 Å². The van der Waals surface area contributed by atoms with E-state index in [0.717, 1.165) is 36.6 Å². The molecule has 3 aromatic heterocycles. The molecule has 1 fully saturated rings. The quantitative estimate of drug-likeness (QED) is 0.310. The summed E-state index contributed by atoms with van der Waals surface area (Å²) >= 11 is 7.28. The van der Waals surface area contributed by atoms with Crippen LogP contribution in [-0.2, 0) is 13.0 Å². The number of aromatic amines is 1. The maximum absolute atomic E-state index is 13.0. The van der Waals surface area contributed by atoms with Crippen molar-refractivity contribution in [1.29, 1.82) is 0 Å². The van der Waals surface area contributed by atoms with Crippen molar-refractivity contribution in [1.82, 2.24) is 14.9 Å². The van der Waals surface area contributed by atoms with Crippen LogP contribution in [-0.4, -0.2) is 32.9 Å². The van der Waals surface area contributed by atoms with Gasteiger partial charge in [0.2, 0.25) is 0 Å². The average molecular weight is 522 g/mol. The van der Waals surface area contributed by atoms with Crippen LogP contribution >= 0.6 is 22.9 Å². The van der Waals surface area contributed by atoms with E-state index < -0.39 is 6.10 Å². The van der Waals surface area contributed by atoms with Crippen LogP contribution in [0.4, 0.5) is 0 Å². The molecule has 8 heteroatoms. The van der Waals surface area contributed by atoms with E-state index in [2.05, 4.69) is 9.97 Å². The number of aliphatic hydroxyl groups excluding tert-OH is 1. The second-order valence-electron chi connectivity index (χ2n) is 9.69. The van der Waals surface area contributed by atoms with E-state index >= 15 is 0 Å². The van der Waals surface area contributed by atoms with Gasteiger partial charge in [-0.25, -0.2) is 4.98 Å². The van der Waals surface area contributed by atoms with Gasteiger partial charge in [0.15, 0.2) is 0 Å². The fraction of sp³-hybridized carbons (Fsp3) is 0.321. The van der Waals surface area contributed by atoms with Gasteiger partial charge in [-0.05, 0) is 89.7 Å². The third-order valence-electron chi connectivity index (χ3n) is 7.11. The molecule has 0 spiro atoms. The number of carbonyl (C=O) groups excluding carboxylic acids is 1. The molecule has 6 nitrogen and oxygen atoms in total. The van der Waals surface area contributed by atoms with Crippen molar-refractivity contribution in [2.75, 3.05) is 7.05 Å². The fourth-order valence-corrected chi connectivity index (χ4v) is 6.10. The summed E-state index contributed by atoms with van der Waals surface area (Å²) in [6, 6.07) is 15.2. The van der Waals surface area contributed by atoms with Gasteiger partial charge in [-0.1, -0.05) is 29.8 Å². The number of benzene rings is 1. The minimum atomic E-state index is -0.523. The number of hydrogen-bond donors (Lipinski definition) is 2. The van der Waals surface area contributed by atoms with Crippen LogP contribution < -0.4 is 5.56 Å². The highest BCUT2D eigenvalue weighted by Gasteiger charge is 2.31. The molecular weight excluding hydrogens is 494 g/mol. The van der Waals surface area contributed by atoms with Gasteiger partial charge in [0.05, 0.1) is 17.3 Å². The molecular formula is C28H28ClN3O3S. The predicted molar refractivity (Wildman–Crippen MR) is 143 cm³/mol. The zero-order chi connectivity index (χ0) is 25.2. The monoisotopic (exact) mass is 521 g/mol. The first-order valence-electron chi connectivity index (χ1n) is 12.1. The Morgan fingerprint density at radius 2 is 2.03 bits per heavy atom. The summed E-state index contributed by atoms with van der Waals surface area (Å²) in [5.41, 5.74) is 3.22. The maximum Gasteiger partial charge on any atom is 0.266 e. The zero-order valence-electron chi connectivity index (χ0n) is 20.0. The fourth-order valence-electron chi connectivity index (χ4n) is 5.21. The Bertz CT molecular complexity index is 1410. The van der Waals surface area contributed by atoms with Crippen LogP contribution in [0, 0.1) is 11.8 Å². The summed E-state index contributed by atoms with van der Waals surface area (Å²) in [5.74, 6) is 0.624. The Morgan fingerprint density at radius 3 is 2.78 bits per heavy atom. The normalized spacial score (nSPS) is 18.4. The number of nitrogens with zero attached hydrogens (tertiary/aromatic N) is 2. The van der Waals surface area contributed by atoms with Crippen LogP contribution in [0.25, 0.3) is 10.1 Å². The van der Waals surface area contributed by atoms with Gasteiger partial charge >= 0.3 is 0 Å². The minimum Gasteiger partial charge on any atom is -0.388 e. The molecule has 1 saturated carbocycles. The molecule has 1 aliphatic rings. The molecule has 36 heavy (non-hydrogen) atoms. The lowest BCUT2D eigenvalue weighted by Crippen LogP contribution is -2.27. The van der Waals surface area contributed by atoms with Gasteiger partial charge in [-0.15, -0.1) is 11.3 Å². The van der Waals surface area contributed by atoms with Crippen molar-refractivity contribution < 1.29 is 9.90 Å². The van der Waals surface area contributed by atoms with E-state index in [1.54, 1.807) is 24.2 Å². The number of rotatable bonds is 7. The summed E-state index contributed by atoms with van der Waals surface area (Å²) in [4.78, 5) is 33.8. The second kappa shape index (κ2) is 10.5. The van der Waals surface area contributed by atoms with E-state index in [9.17, 15) is 14.7 Å². The van der Waals surface area contributed by atoms with Crippen LogP contribution in [0.2, 0.25) is 5.15 Å². The van der Waals surface area contributed by atoms with Crippen LogP contribution in [0.15, 0.2) is 64.9 Å². The van der Waals surface area contributed by atoms with Gasteiger partial charge in [0, 0.05) is 24.5 Å². The van der Waals surface area contributed by atoms with E-state index in [4.69, 9.17) is 11.6 Å². The third kappa shape index (κ3) is 5.38. The number of carbonyl (C=O) groups is 1. The summed E-state index contributed by atoms with van der Waals surface area (Å²) in [6.07, 6.45) is 5.07. The van der Waals surface area contributed by atoms with Crippen molar-refractivity contribution >= 4 is 38.9 Å². The number of thiophene rings is 1. The topological polar surface area (TPSA) is 86.3 Å². The maximum atomic E-state index is 13.0. The van der Waals surface area contributed by atoms with Gasteiger partial charge in [-0.3, -0.25) is 9.59 Å². The van der Waals surface area contributed by atoms with E-state index in [-0.39, 0.29) is 17.4 Å². The minimum absolute atomic E-state index is 0.0894. The van der Waals surface area contributed by atoms with Gasteiger partial charge in [0.1, 0.15) is 5.15 Å². The molecule has 0 aliphatic heterocycles. The molecule has 0 radical (unpaired) electrons. The van der Waals surface area contributed by atoms with E-state index in [1.165, 1.54) is 16.9 Å². The predicted octanol–water partition coefficient (Wildman–Crippen LogP) is 5.60. The number of amides is 1. The Kier molecular flexibility index (Phi) is 7.23. The molecule has 1 aromatic carbocycles. The van der Waals surface area contributed by atoms with Crippen molar-refractivity contribution in [2.45, 2.75) is 38.3 Å². The molecule has 0 unspecified atom stereocenters. The number of halogens is 1. The first-order valence-corrected chi connectivity index (χ1v) is 13.4. The zero-order valence-corrected chi connectivity index (χ0v) is 21.6. The van der Waals surface area contributed by atoms with E-state index in [0.29, 0.717) is 33.6 Å². The molecule has 186 valence electrons. The molecule has 5 rings (SSSR count). The molecule has 0 bridgehead atoms. The largest absolute Gasteiger partial charge is 0.388 e. The van der Waals surface area contributed by atoms with E-state index in [1.807, 2.05) is 47.8 Å². The molecule has 4 aromatic rings. The SMILES string of the molecule is CN(Cc1cc2ccsc2c(=O)[nH]1)C(=O)c1ccc(C[C@@H]2CC[C@H]([C@H](O)c3ccc(Cl)nc3)C2)cc1. The Hall–Kier alpha value is -3.00. The van der Waals surface area contributed by atoms with Crippen molar-refractivity contribution in [2.24, 2.45) is 11.8 Å². The summed E-state index contributed by atoms with van der Waals surface area (Å²) in [6.45, 7) is 0.330. The number of fused-ring (bicyclic) bond motifs is 1.